The van der Waals surface area contributed by atoms with Gasteiger partial charge in [0.2, 0.25) is 5.91 Å². The van der Waals surface area contributed by atoms with Crippen molar-refractivity contribution in [2.45, 2.75) is 105 Å². The molecule has 6 fully saturated rings. The minimum Gasteiger partial charge on any atom is -0.453 e. The summed E-state index contributed by atoms with van der Waals surface area (Å²) in [5, 5.41) is 2.63. The Kier molecular flexibility index (Phi) is 13.8. The van der Waals surface area contributed by atoms with Gasteiger partial charge in [-0.15, -0.1) is 0 Å². The normalized spacial score (nSPS) is 26.6. The smallest absolute Gasteiger partial charge is 0.407 e. The van der Waals surface area contributed by atoms with Crippen LogP contribution in [0, 0.1) is 17.7 Å². The van der Waals surface area contributed by atoms with Crippen molar-refractivity contribution in [2.24, 2.45) is 11.8 Å². The maximum atomic E-state index is 15.1. The van der Waals surface area contributed by atoms with E-state index >= 15 is 4.39 Å². The third-order valence-corrected chi connectivity index (χ3v) is 17.2. The summed E-state index contributed by atoms with van der Waals surface area (Å²) in [5.41, 5.74) is 1.85. The van der Waals surface area contributed by atoms with Crippen LogP contribution in [-0.2, 0) is 24.8 Å². The van der Waals surface area contributed by atoms with E-state index < -0.39 is 15.1 Å². The number of amides is 2. The summed E-state index contributed by atoms with van der Waals surface area (Å²) >= 11 is 0. The number of benzene rings is 2. The Bertz CT molecular complexity index is 1910. The molecule has 5 aliphatic heterocycles. The van der Waals surface area contributed by atoms with E-state index in [1.165, 1.54) is 32.8 Å². The standard InChI is InChI=1S/C47H67FN6O5S/c1-59-46(56)49-44-14-6-13-43(44)47(35-51-26-9-27-51,37-10-5-11-38(48)32-37)36-20-29-53(30-21-36)39-12-7-28-52(31-22-39)40-16-18-41(19-17-40)60(57,58)42-33-54(34-42)45(55)15-8-25-50-23-3-2-4-24-50/h5,8,10-11,15-19,32,36,39,42-44H,2-4,6-7,9,12-14,20-31,33-35H2,1H3,(H,49,56)/b15-8+/t39?,43-,44-,47-/m0/s1. The molecule has 2 aromatic carbocycles. The number of rotatable bonds is 13. The molecule has 328 valence electrons. The van der Waals surface area contributed by atoms with E-state index in [9.17, 15) is 18.0 Å². The Morgan fingerprint density at radius 1 is 0.817 bits per heavy atom. The van der Waals surface area contributed by atoms with Gasteiger partial charge in [-0.05, 0) is 157 Å². The third-order valence-electron chi connectivity index (χ3n) is 15.1. The molecule has 1 saturated carbocycles. The molecule has 0 aromatic heterocycles. The minimum absolute atomic E-state index is 0.0112. The number of hydrogen-bond acceptors (Lipinski definition) is 9. The summed E-state index contributed by atoms with van der Waals surface area (Å²) in [7, 11) is -2.11. The molecule has 1 aliphatic carbocycles. The van der Waals surface area contributed by atoms with Crippen molar-refractivity contribution < 1.29 is 27.1 Å². The van der Waals surface area contributed by atoms with E-state index in [-0.39, 0.29) is 48.3 Å². The highest BCUT2D eigenvalue weighted by atomic mass is 32.2. The molecule has 5 heterocycles. The van der Waals surface area contributed by atoms with Crippen molar-refractivity contribution in [2.75, 3.05) is 90.5 Å². The molecule has 60 heavy (non-hydrogen) atoms. The summed E-state index contributed by atoms with van der Waals surface area (Å²) in [4.78, 5) is 37.2. The molecule has 0 spiro atoms. The van der Waals surface area contributed by atoms with Crippen molar-refractivity contribution in [3.63, 3.8) is 0 Å². The predicted molar refractivity (Wildman–Crippen MR) is 233 cm³/mol. The SMILES string of the molecule is COC(=O)N[C@H]1CCC[C@@H]1[C@](CN1CCC1)(c1cccc(F)c1)C1CCN(C2CCCN(c3ccc(S(=O)(=O)C4CN(C(=O)/C=C/CN5CCCCC5)C4)cc3)CC2)CC1. The molecule has 1 unspecified atom stereocenters. The summed E-state index contributed by atoms with van der Waals surface area (Å²) in [6, 6.07) is 15.2. The quantitative estimate of drug-likeness (QED) is 0.240. The molecule has 1 N–H and O–H groups in total. The fourth-order valence-electron chi connectivity index (χ4n) is 11.6. The summed E-state index contributed by atoms with van der Waals surface area (Å²) in [5.74, 6) is 0.242. The number of sulfone groups is 1. The van der Waals surface area contributed by atoms with Crippen molar-refractivity contribution >= 4 is 27.5 Å². The van der Waals surface area contributed by atoms with Crippen LogP contribution in [0.15, 0.2) is 65.6 Å². The van der Waals surface area contributed by atoms with Gasteiger partial charge in [-0.25, -0.2) is 17.6 Å². The van der Waals surface area contributed by atoms with Crippen LogP contribution < -0.4 is 10.2 Å². The lowest BCUT2D eigenvalue weighted by molar-refractivity contribution is -0.129. The highest BCUT2D eigenvalue weighted by Gasteiger charge is 2.53. The first-order valence-corrected chi connectivity index (χ1v) is 24.5. The van der Waals surface area contributed by atoms with Crippen LogP contribution in [0.3, 0.4) is 0 Å². The first kappa shape index (κ1) is 43.1. The van der Waals surface area contributed by atoms with Gasteiger partial charge in [0.15, 0.2) is 9.84 Å². The number of ether oxygens (including phenoxy) is 1. The molecule has 8 rings (SSSR count). The lowest BCUT2D eigenvalue weighted by atomic mass is 9.57. The number of alkyl carbamates (subject to hydrolysis) is 1. The van der Waals surface area contributed by atoms with Crippen molar-refractivity contribution in [1.82, 2.24) is 24.9 Å². The number of carbonyl (C=O) groups is 2. The van der Waals surface area contributed by atoms with E-state index in [4.69, 9.17) is 4.74 Å². The Balaban J connectivity index is 0.873. The maximum Gasteiger partial charge on any atom is 0.407 e. The predicted octanol–water partition coefficient (Wildman–Crippen LogP) is 6.09. The molecule has 0 bridgehead atoms. The highest BCUT2D eigenvalue weighted by Crippen LogP contribution is 2.52. The van der Waals surface area contributed by atoms with Gasteiger partial charge in [0.05, 0.1) is 12.0 Å². The van der Waals surface area contributed by atoms with Crippen LogP contribution in [0.25, 0.3) is 0 Å². The zero-order valence-electron chi connectivity index (χ0n) is 35.7. The van der Waals surface area contributed by atoms with Gasteiger partial charge in [0.1, 0.15) is 11.1 Å². The number of likely N-dealkylation sites (tertiary alicyclic amines) is 4. The largest absolute Gasteiger partial charge is 0.453 e. The fraction of sp³-hybridized carbons (Fsp3) is 0.660. The molecule has 0 radical (unpaired) electrons. The Labute approximate surface area is 357 Å². The summed E-state index contributed by atoms with van der Waals surface area (Å²) in [6.07, 6.45) is 16.2. The van der Waals surface area contributed by atoms with E-state index in [0.29, 0.717) is 16.9 Å². The minimum atomic E-state index is -3.54. The maximum absolute atomic E-state index is 15.1. The van der Waals surface area contributed by atoms with Crippen LogP contribution >= 0.6 is 0 Å². The van der Waals surface area contributed by atoms with Crippen LogP contribution in [0.5, 0.6) is 0 Å². The lowest BCUT2D eigenvalue weighted by Gasteiger charge is -2.54. The third kappa shape index (κ3) is 9.44. The monoisotopic (exact) mass is 846 g/mol. The van der Waals surface area contributed by atoms with E-state index in [0.717, 1.165) is 128 Å². The molecule has 2 aromatic rings. The zero-order chi connectivity index (χ0) is 41.7. The molecule has 5 saturated heterocycles. The Hall–Kier alpha value is -3.52. The summed E-state index contributed by atoms with van der Waals surface area (Å²) < 4.78 is 47.3. The number of piperidine rings is 2. The first-order chi connectivity index (χ1) is 29.1. The first-order valence-electron chi connectivity index (χ1n) is 23.0. The number of halogens is 1. The van der Waals surface area contributed by atoms with E-state index in [1.54, 1.807) is 35.2 Å². The number of methoxy groups -OCH3 is 1. The van der Waals surface area contributed by atoms with Gasteiger partial charge >= 0.3 is 6.09 Å². The van der Waals surface area contributed by atoms with Gasteiger partial charge in [-0.3, -0.25) is 9.69 Å². The Morgan fingerprint density at radius 2 is 1.57 bits per heavy atom. The van der Waals surface area contributed by atoms with E-state index in [2.05, 4.69) is 31.0 Å². The number of carbonyl (C=O) groups excluding carboxylic acids is 2. The molecule has 13 heteroatoms. The van der Waals surface area contributed by atoms with Gasteiger partial charge in [-0.2, -0.15) is 0 Å². The van der Waals surface area contributed by atoms with Crippen LogP contribution in [-0.4, -0.2) is 143 Å². The van der Waals surface area contributed by atoms with Crippen molar-refractivity contribution in [3.05, 3.63) is 72.1 Å². The van der Waals surface area contributed by atoms with Gasteiger partial charge in [-0.1, -0.05) is 31.1 Å². The number of nitrogens with one attached hydrogen (secondary N) is 1. The average Bonchev–Trinajstić information content (AvgIpc) is 3.54. The second kappa shape index (κ2) is 19.3. The molecule has 2 amide bonds. The zero-order valence-corrected chi connectivity index (χ0v) is 36.5. The molecular weight excluding hydrogens is 780 g/mol. The summed E-state index contributed by atoms with van der Waals surface area (Å²) in [6.45, 7) is 10.2. The lowest BCUT2D eigenvalue weighted by Crippen LogP contribution is -2.59. The second-order valence-electron chi connectivity index (χ2n) is 18.5. The van der Waals surface area contributed by atoms with E-state index in [1.807, 2.05) is 24.3 Å². The second-order valence-corrected chi connectivity index (χ2v) is 20.7. The van der Waals surface area contributed by atoms with Crippen LogP contribution in [0.4, 0.5) is 14.9 Å². The average molecular weight is 847 g/mol. The van der Waals surface area contributed by atoms with Crippen LogP contribution in [0.1, 0.15) is 82.6 Å². The van der Waals surface area contributed by atoms with Crippen LogP contribution in [0.2, 0.25) is 0 Å². The molecule has 4 atom stereocenters. The Morgan fingerprint density at radius 3 is 2.27 bits per heavy atom. The number of nitrogens with zero attached hydrogens (tertiary/aromatic N) is 5. The van der Waals surface area contributed by atoms with Crippen molar-refractivity contribution in [1.29, 1.82) is 0 Å². The number of anilines is 1. The number of hydrogen-bond donors (Lipinski definition) is 1. The molecule has 6 aliphatic rings. The molecular formula is C47H67FN6O5S. The van der Waals surface area contributed by atoms with Gasteiger partial charge in [0.25, 0.3) is 0 Å². The highest BCUT2D eigenvalue weighted by molar-refractivity contribution is 7.92. The van der Waals surface area contributed by atoms with Gasteiger partial charge < -0.3 is 29.7 Å². The van der Waals surface area contributed by atoms with Gasteiger partial charge in [0, 0.05) is 68.5 Å². The topological polar surface area (TPSA) is 106 Å². The fourth-order valence-corrected chi connectivity index (χ4v) is 13.3. The van der Waals surface area contributed by atoms with Crippen molar-refractivity contribution in [3.8, 4) is 0 Å². The molecule has 11 nitrogen and oxygen atoms in total.